The van der Waals surface area contributed by atoms with E-state index in [2.05, 4.69) is 5.32 Å². The monoisotopic (exact) mass is 302 g/mol. The zero-order chi connectivity index (χ0) is 15.3. The van der Waals surface area contributed by atoms with Crippen LogP contribution in [0.5, 0.6) is 0 Å². The molecule has 4 nitrogen and oxygen atoms in total. The van der Waals surface area contributed by atoms with Gasteiger partial charge >= 0.3 is 6.09 Å². The van der Waals surface area contributed by atoms with E-state index >= 15 is 0 Å². The molecule has 0 bridgehead atoms. The Morgan fingerprint density at radius 2 is 2.15 bits per heavy atom. The molecule has 0 aromatic heterocycles. The molecular formula is C14H20ClFN2O2. The summed E-state index contributed by atoms with van der Waals surface area (Å²) in [4.78, 5) is 11.5. The second-order valence-electron chi connectivity index (χ2n) is 5.58. The van der Waals surface area contributed by atoms with Gasteiger partial charge in [-0.15, -0.1) is 0 Å². The number of carbonyl (C=O) groups excluding carboxylic acids is 1. The first-order valence-electron chi connectivity index (χ1n) is 6.34. The molecule has 0 aliphatic heterocycles. The van der Waals surface area contributed by atoms with Crippen molar-refractivity contribution in [3.63, 3.8) is 0 Å². The van der Waals surface area contributed by atoms with E-state index in [1.807, 2.05) is 0 Å². The maximum Gasteiger partial charge on any atom is 0.407 e. The molecule has 0 aliphatic rings. The van der Waals surface area contributed by atoms with Crippen LogP contribution >= 0.6 is 11.6 Å². The number of ether oxygens (including phenoxy) is 1. The van der Waals surface area contributed by atoms with Crippen LogP contribution in [-0.2, 0) is 11.2 Å². The normalized spacial score (nSPS) is 12.9. The molecule has 0 aliphatic carbocycles. The summed E-state index contributed by atoms with van der Waals surface area (Å²) in [6.07, 6.45) is -0.0762. The number of alkyl carbamates (subject to hydrolysis) is 1. The second kappa shape index (κ2) is 6.90. The van der Waals surface area contributed by atoms with Crippen LogP contribution in [-0.4, -0.2) is 24.3 Å². The van der Waals surface area contributed by atoms with Crippen molar-refractivity contribution in [3.8, 4) is 0 Å². The molecular weight excluding hydrogens is 283 g/mol. The standard InChI is InChI=1S/C14H20ClFN2O2/c1-14(2,3)20-13(19)18-8-11(17)6-9-4-5-10(16)7-12(9)15/h4-5,7,11H,6,8,17H2,1-3H3,(H,18,19). The number of amides is 1. The molecule has 1 aromatic rings. The quantitative estimate of drug-likeness (QED) is 0.899. The summed E-state index contributed by atoms with van der Waals surface area (Å²) in [7, 11) is 0. The first kappa shape index (κ1) is 16.7. The van der Waals surface area contributed by atoms with E-state index in [0.29, 0.717) is 11.4 Å². The van der Waals surface area contributed by atoms with Crippen LogP contribution in [0.2, 0.25) is 5.02 Å². The molecule has 0 radical (unpaired) electrons. The van der Waals surface area contributed by atoms with Gasteiger partial charge in [0.05, 0.1) is 0 Å². The lowest BCUT2D eigenvalue weighted by molar-refractivity contribution is 0.0524. The van der Waals surface area contributed by atoms with Crippen molar-refractivity contribution < 1.29 is 13.9 Å². The summed E-state index contributed by atoms with van der Waals surface area (Å²) in [6.45, 7) is 5.60. The highest BCUT2D eigenvalue weighted by atomic mass is 35.5. The summed E-state index contributed by atoms with van der Waals surface area (Å²) in [6, 6.07) is 3.83. The van der Waals surface area contributed by atoms with E-state index in [0.717, 1.165) is 5.56 Å². The fraction of sp³-hybridized carbons (Fsp3) is 0.500. The van der Waals surface area contributed by atoms with Crippen molar-refractivity contribution in [2.45, 2.75) is 38.8 Å². The highest BCUT2D eigenvalue weighted by Gasteiger charge is 2.17. The molecule has 0 saturated heterocycles. The van der Waals surface area contributed by atoms with Crippen molar-refractivity contribution in [3.05, 3.63) is 34.6 Å². The summed E-state index contributed by atoms with van der Waals surface area (Å²) in [5.41, 5.74) is 6.10. The molecule has 1 rings (SSSR count). The number of hydrogen-bond acceptors (Lipinski definition) is 3. The molecule has 0 heterocycles. The molecule has 1 atom stereocenters. The van der Waals surface area contributed by atoms with Gasteiger partial charge in [-0.25, -0.2) is 9.18 Å². The summed E-state index contributed by atoms with van der Waals surface area (Å²) >= 11 is 5.92. The zero-order valence-electron chi connectivity index (χ0n) is 11.9. The van der Waals surface area contributed by atoms with Gasteiger partial charge < -0.3 is 15.8 Å². The molecule has 0 fully saturated rings. The fourth-order valence-corrected chi connectivity index (χ4v) is 1.81. The Bertz CT molecular complexity index is 475. The first-order valence-corrected chi connectivity index (χ1v) is 6.71. The topological polar surface area (TPSA) is 64.3 Å². The van der Waals surface area contributed by atoms with E-state index < -0.39 is 11.7 Å². The minimum Gasteiger partial charge on any atom is -0.444 e. The maximum absolute atomic E-state index is 12.9. The lowest BCUT2D eigenvalue weighted by Crippen LogP contribution is -2.41. The molecule has 6 heteroatoms. The number of carbonyl (C=O) groups is 1. The Morgan fingerprint density at radius 3 is 2.70 bits per heavy atom. The summed E-state index contributed by atoms with van der Waals surface area (Å²) < 4.78 is 18.0. The third-order valence-corrected chi connectivity index (χ3v) is 2.76. The molecule has 0 spiro atoms. The van der Waals surface area contributed by atoms with Gasteiger partial charge in [0.15, 0.2) is 0 Å². The average molecular weight is 303 g/mol. The van der Waals surface area contributed by atoms with E-state index in [9.17, 15) is 9.18 Å². The fourth-order valence-electron chi connectivity index (χ4n) is 1.57. The van der Waals surface area contributed by atoms with Gasteiger partial charge in [0, 0.05) is 17.6 Å². The molecule has 3 N–H and O–H groups in total. The van der Waals surface area contributed by atoms with Crippen molar-refractivity contribution in [1.82, 2.24) is 5.32 Å². The van der Waals surface area contributed by atoms with Gasteiger partial charge in [-0.2, -0.15) is 0 Å². The minimum atomic E-state index is -0.547. The van der Waals surface area contributed by atoms with Crippen molar-refractivity contribution in [2.75, 3.05) is 6.54 Å². The minimum absolute atomic E-state index is 0.253. The van der Waals surface area contributed by atoms with Gasteiger partial charge in [0.1, 0.15) is 11.4 Å². The first-order chi connectivity index (χ1) is 9.17. The number of halogens is 2. The molecule has 1 aromatic carbocycles. The molecule has 1 amide bonds. The summed E-state index contributed by atoms with van der Waals surface area (Å²) in [5, 5.41) is 2.92. The number of nitrogens with one attached hydrogen (secondary N) is 1. The highest BCUT2D eigenvalue weighted by Crippen LogP contribution is 2.18. The lowest BCUT2D eigenvalue weighted by Gasteiger charge is -2.21. The number of hydrogen-bond donors (Lipinski definition) is 2. The third-order valence-electron chi connectivity index (χ3n) is 2.40. The molecule has 0 saturated carbocycles. The highest BCUT2D eigenvalue weighted by molar-refractivity contribution is 6.31. The second-order valence-corrected chi connectivity index (χ2v) is 5.99. The number of nitrogens with two attached hydrogens (primary N) is 1. The van der Waals surface area contributed by atoms with Gasteiger partial charge in [0.25, 0.3) is 0 Å². The van der Waals surface area contributed by atoms with Crippen LogP contribution in [0, 0.1) is 5.82 Å². The van der Waals surface area contributed by atoms with Gasteiger partial charge in [-0.3, -0.25) is 0 Å². The SMILES string of the molecule is CC(C)(C)OC(=O)NCC(N)Cc1ccc(F)cc1Cl. The maximum atomic E-state index is 12.9. The van der Waals surface area contributed by atoms with E-state index in [1.165, 1.54) is 12.1 Å². The Morgan fingerprint density at radius 1 is 1.50 bits per heavy atom. The number of rotatable bonds is 4. The van der Waals surface area contributed by atoms with Crippen LogP contribution in [0.25, 0.3) is 0 Å². The van der Waals surface area contributed by atoms with Crippen molar-refractivity contribution in [1.29, 1.82) is 0 Å². The Balaban J connectivity index is 2.44. The van der Waals surface area contributed by atoms with Crippen LogP contribution < -0.4 is 11.1 Å². The Kier molecular flexibility index (Phi) is 5.77. The number of benzene rings is 1. The smallest absolute Gasteiger partial charge is 0.407 e. The predicted octanol–water partition coefficient (Wildman–Crippen LogP) is 2.87. The van der Waals surface area contributed by atoms with Crippen molar-refractivity contribution >= 4 is 17.7 Å². The largest absolute Gasteiger partial charge is 0.444 e. The van der Waals surface area contributed by atoms with E-state index in [1.54, 1.807) is 26.8 Å². The van der Waals surface area contributed by atoms with Gasteiger partial charge in [-0.1, -0.05) is 17.7 Å². The lowest BCUT2D eigenvalue weighted by atomic mass is 10.1. The van der Waals surface area contributed by atoms with Crippen LogP contribution in [0.3, 0.4) is 0 Å². The van der Waals surface area contributed by atoms with Crippen LogP contribution in [0.15, 0.2) is 18.2 Å². The summed E-state index contributed by atoms with van der Waals surface area (Å²) in [5.74, 6) is -0.390. The Hall–Kier alpha value is -1.33. The van der Waals surface area contributed by atoms with Gasteiger partial charge in [-0.05, 0) is 44.9 Å². The van der Waals surface area contributed by atoms with E-state index in [-0.39, 0.29) is 18.4 Å². The zero-order valence-corrected chi connectivity index (χ0v) is 12.6. The van der Waals surface area contributed by atoms with Gasteiger partial charge in [0.2, 0.25) is 0 Å². The van der Waals surface area contributed by atoms with E-state index in [4.69, 9.17) is 22.1 Å². The van der Waals surface area contributed by atoms with Crippen LogP contribution in [0.1, 0.15) is 26.3 Å². The Labute approximate surface area is 123 Å². The van der Waals surface area contributed by atoms with Crippen molar-refractivity contribution in [2.24, 2.45) is 5.73 Å². The molecule has 112 valence electrons. The molecule has 20 heavy (non-hydrogen) atoms. The van der Waals surface area contributed by atoms with Crippen LogP contribution in [0.4, 0.5) is 9.18 Å². The predicted molar refractivity (Wildman–Crippen MR) is 77.3 cm³/mol. The molecule has 1 unspecified atom stereocenters. The third kappa shape index (κ3) is 6.21. The average Bonchev–Trinajstić information content (AvgIpc) is 2.28.